The summed E-state index contributed by atoms with van der Waals surface area (Å²) in [7, 11) is 3.66. The lowest BCUT2D eigenvalue weighted by Crippen LogP contribution is -2.45. The number of benzene rings is 1. The van der Waals surface area contributed by atoms with Gasteiger partial charge < -0.3 is 14.6 Å². The van der Waals surface area contributed by atoms with E-state index in [1.807, 2.05) is 6.92 Å². The van der Waals surface area contributed by atoms with Crippen LogP contribution in [-0.4, -0.2) is 48.8 Å². The highest BCUT2D eigenvalue weighted by Crippen LogP contribution is 2.31. The molecule has 1 aromatic carbocycles. The van der Waals surface area contributed by atoms with E-state index in [0.29, 0.717) is 17.5 Å². The first-order chi connectivity index (χ1) is 10.0. The van der Waals surface area contributed by atoms with E-state index >= 15 is 0 Å². The van der Waals surface area contributed by atoms with E-state index in [2.05, 4.69) is 11.9 Å². The highest BCUT2D eigenvalue weighted by molar-refractivity contribution is 5.88. The van der Waals surface area contributed by atoms with E-state index < -0.39 is 5.97 Å². The molecule has 0 bridgehead atoms. The van der Waals surface area contributed by atoms with Crippen LogP contribution < -0.4 is 9.47 Å². The summed E-state index contributed by atoms with van der Waals surface area (Å²) in [6, 6.07) is 5.03. The Morgan fingerprint density at radius 2 is 2.14 bits per heavy atom. The Morgan fingerprint density at radius 3 is 2.76 bits per heavy atom. The first kappa shape index (κ1) is 15.6. The molecule has 1 aliphatic heterocycles. The molecule has 1 aromatic rings. The zero-order valence-electron chi connectivity index (χ0n) is 12.8. The number of nitrogens with zero attached hydrogens (tertiary/aromatic N) is 1. The highest BCUT2D eigenvalue weighted by atomic mass is 16.5. The van der Waals surface area contributed by atoms with E-state index in [1.54, 1.807) is 13.2 Å². The Hall–Kier alpha value is -1.75. The van der Waals surface area contributed by atoms with Crippen molar-refractivity contribution < 1.29 is 19.4 Å². The average molecular weight is 293 g/mol. The van der Waals surface area contributed by atoms with E-state index in [9.17, 15) is 4.79 Å². The fourth-order valence-corrected chi connectivity index (χ4v) is 2.87. The van der Waals surface area contributed by atoms with Crippen LogP contribution in [0.1, 0.15) is 36.5 Å². The Bertz CT molecular complexity index is 503. The summed E-state index contributed by atoms with van der Waals surface area (Å²) in [6.45, 7) is 3.10. The molecular weight excluding hydrogens is 270 g/mol. The summed E-state index contributed by atoms with van der Waals surface area (Å²) < 4.78 is 11.3. The lowest BCUT2D eigenvalue weighted by atomic mass is 9.99. The number of piperidine rings is 1. The second kappa shape index (κ2) is 6.80. The predicted molar refractivity (Wildman–Crippen MR) is 80.3 cm³/mol. The Kier molecular flexibility index (Phi) is 5.07. The van der Waals surface area contributed by atoms with Gasteiger partial charge >= 0.3 is 5.97 Å². The fraction of sp³-hybridized carbons (Fsp3) is 0.562. The van der Waals surface area contributed by atoms with Crippen LogP contribution in [-0.2, 0) is 0 Å². The minimum atomic E-state index is -0.968. The maximum absolute atomic E-state index is 11.1. The number of rotatable bonds is 5. The lowest BCUT2D eigenvalue weighted by Gasteiger charge is -2.36. The quantitative estimate of drug-likeness (QED) is 0.904. The maximum Gasteiger partial charge on any atom is 0.335 e. The van der Waals surface area contributed by atoms with Crippen LogP contribution in [0.2, 0.25) is 0 Å². The second-order valence-corrected chi connectivity index (χ2v) is 5.54. The van der Waals surface area contributed by atoms with E-state index in [1.165, 1.54) is 25.0 Å². The lowest BCUT2D eigenvalue weighted by molar-refractivity contribution is 0.0653. The van der Waals surface area contributed by atoms with Crippen molar-refractivity contribution in [2.75, 3.05) is 20.7 Å². The van der Waals surface area contributed by atoms with Crippen LogP contribution in [0, 0.1) is 0 Å². The third-order valence-corrected chi connectivity index (χ3v) is 4.09. The molecule has 1 saturated heterocycles. The molecule has 5 heteroatoms. The first-order valence-corrected chi connectivity index (χ1v) is 7.31. The number of carboxylic acid groups (broad SMARTS) is 1. The van der Waals surface area contributed by atoms with Gasteiger partial charge in [0.25, 0.3) is 0 Å². The van der Waals surface area contributed by atoms with Crippen molar-refractivity contribution in [3.63, 3.8) is 0 Å². The highest BCUT2D eigenvalue weighted by Gasteiger charge is 2.26. The molecule has 1 heterocycles. The van der Waals surface area contributed by atoms with Crippen molar-refractivity contribution >= 4 is 5.97 Å². The summed E-state index contributed by atoms with van der Waals surface area (Å²) in [5.41, 5.74) is 0.204. The van der Waals surface area contributed by atoms with Gasteiger partial charge in [-0.05, 0) is 51.6 Å². The molecule has 2 atom stereocenters. The largest absolute Gasteiger partial charge is 0.493 e. The fourth-order valence-electron chi connectivity index (χ4n) is 2.87. The van der Waals surface area contributed by atoms with Crippen molar-refractivity contribution in [1.82, 2.24) is 4.90 Å². The summed E-state index contributed by atoms with van der Waals surface area (Å²) in [4.78, 5) is 13.4. The van der Waals surface area contributed by atoms with Gasteiger partial charge in [-0.25, -0.2) is 4.79 Å². The number of carboxylic acids is 1. The molecule has 0 amide bonds. The number of carbonyl (C=O) groups is 1. The van der Waals surface area contributed by atoms with Crippen molar-refractivity contribution in [1.29, 1.82) is 0 Å². The number of aromatic carboxylic acids is 1. The van der Waals surface area contributed by atoms with Gasteiger partial charge in [-0.15, -0.1) is 0 Å². The van der Waals surface area contributed by atoms with Gasteiger partial charge in [0.05, 0.1) is 12.7 Å². The van der Waals surface area contributed by atoms with Gasteiger partial charge in [0.15, 0.2) is 11.5 Å². The summed E-state index contributed by atoms with van der Waals surface area (Å²) >= 11 is 0. The van der Waals surface area contributed by atoms with Crippen LogP contribution in [0.4, 0.5) is 0 Å². The second-order valence-electron chi connectivity index (χ2n) is 5.54. The van der Waals surface area contributed by atoms with Crippen molar-refractivity contribution in [3.8, 4) is 11.5 Å². The van der Waals surface area contributed by atoms with Gasteiger partial charge in [0.2, 0.25) is 0 Å². The summed E-state index contributed by atoms with van der Waals surface area (Å²) in [5.74, 6) is 0.0825. The van der Waals surface area contributed by atoms with E-state index in [4.69, 9.17) is 14.6 Å². The number of methoxy groups -OCH3 is 1. The number of hydrogen-bond acceptors (Lipinski definition) is 4. The monoisotopic (exact) mass is 293 g/mol. The SMILES string of the molecule is COc1ccc(C(=O)O)cc1OC(C)C1CCCCN1C. The third-order valence-electron chi connectivity index (χ3n) is 4.09. The zero-order chi connectivity index (χ0) is 15.4. The standard InChI is InChI=1S/C16H23NO4/c1-11(13-6-4-5-9-17(13)2)21-15-10-12(16(18)19)7-8-14(15)20-3/h7-8,10-11,13H,4-6,9H2,1-3H3,(H,18,19). The molecule has 2 rings (SSSR count). The number of ether oxygens (including phenoxy) is 2. The molecule has 116 valence electrons. The minimum Gasteiger partial charge on any atom is -0.493 e. The molecule has 0 radical (unpaired) electrons. The van der Waals surface area contributed by atoms with Gasteiger partial charge in [0, 0.05) is 6.04 Å². The topological polar surface area (TPSA) is 59.0 Å². The van der Waals surface area contributed by atoms with Crippen LogP contribution in [0.25, 0.3) is 0 Å². The van der Waals surface area contributed by atoms with Crippen LogP contribution in [0.15, 0.2) is 18.2 Å². The van der Waals surface area contributed by atoms with Crippen LogP contribution in [0.5, 0.6) is 11.5 Å². The Labute approximate surface area is 125 Å². The molecule has 0 aromatic heterocycles. The van der Waals surface area contributed by atoms with Gasteiger partial charge in [-0.3, -0.25) is 4.90 Å². The minimum absolute atomic E-state index is 0.0201. The van der Waals surface area contributed by atoms with E-state index in [0.717, 1.165) is 13.0 Å². The number of likely N-dealkylation sites (tertiary alicyclic amines) is 1. The van der Waals surface area contributed by atoms with Crippen molar-refractivity contribution in [3.05, 3.63) is 23.8 Å². The van der Waals surface area contributed by atoms with Gasteiger partial charge in [0.1, 0.15) is 6.10 Å². The molecule has 5 nitrogen and oxygen atoms in total. The molecule has 0 spiro atoms. The zero-order valence-corrected chi connectivity index (χ0v) is 12.8. The third kappa shape index (κ3) is 3.67. The maximum atomic E-state index is 11.1. The molecule has 1 N–H and O–H groups in total. The van der Waals surface area contributed by atoms with Crippen LogP contribution in [0.3, 0.4) is 0 Å². The van der Waals surface area contributed by atoms with Crippen molar-refractivity contribution in [2.24, 2.45) is 0 Å². The normalized spacial score (nSPS) is 20.8. The number of likely N-dealkylation sites (N-methyl/N-ethyl adjacent to an activating group) is 1. The molecule has 2 unspecified atom stereocenters. The molecule has 21 heavy (non-hydrogen) atoms. The molecule has 1 aliphatic rings. The molecule has 0 aliphatic carbocycles. The van der Waals surface area contributed by atoms with Gasteiger partial charge in [-0.1, -0.05) is 6.42 Å². The smallest absolute Gasteiger partial charge is 0.335 e. The number of hydrogen-bond donors (Lipinski definition) is 1. The Morgan fingerprint density at radius 1 is 1.38 bits per heavy atom. The van der Waals surface area contributed by atoms with E-state index in [-0.39, 0.29) is 11.7 Å². The van der Waals surface area contributed by atoms with Crippen LogP contribution >= 0.6 is 0 Å². The molecule has 0 saturated carbocycles. The average Bonchev–Trinajstić information content (AvgIpc) is 2.47. The van der Waals surface area contributed by atoms with Gasteiger partial charge in [-0.2, -0.15) is 0 Å². The first-order valence-electron chi connectivity index (χ1n) is 7.31. The molecule has 1 fully saturated rings. The predicted octanol–water partition coefficient (Wildman–Crippen LogP) is 2.65. The van der Waals surface area contributed by atoms with Crippen molar-refractivity contribution in [2.45, 2.75) is 38.3 Å². The summed E-state index contributed by atoms with van der Waals surface area (Å²) in [5, 5.41) is 9.09. The molecular formula is C16H23NO4. The Balaban J connectivity index is 2.16. The summed E-state index contributed by atoms with van der Waals surface area (Å²) in [6.07, 6.45) is 3.50.